The Morgan fingerprint density at radius 2 is 1.58 bits per heavy atom. The molecule has 0 unspecified atom stereocenters. The summed E-state index contributed by atoms with van der Waals surface area (Å²) in [7, 11) is 0. The fourth-order valence-corrected chi connectivity index (χ4v) is 5.25. The highest BCUT2D eigenvalue weighted by atomic mass is 35.5. The number of esters is 1. The topological polar surface area (TPSA) is 84.0 Å². The Kier molecular flexibility index (Phi) is 5.66. The quantitative estimate of drug-likeness (QED) is 0.386. The van der Waals surface area contributed by atoms with Crippen molar-refractivity contribution >= 4 is 46.7 Å². The monoisotopic (exact) mass is 466 g/mol. The van der Waals surface area contributed by atoms with Gasteiger partial charge < -0.3 is 9.64 Å². The van der Waals surface area contributed by atoms with Crippen molar-refractivity contribution < 1.29 is 23.9 Å². The van der Waals surface area contributed by atoms with Gasteiger partial charge in [-0.05, 0) is 43.2 Å². The molecule has 3 aliphatic rings. The predicted octanol–water partition coefficient (Wildman–Crippen LogP) is 3.98. The lowest BCUT2D eigenvalue weighted by molar-refractivity contribution is -0.139. The second-order valence-electron chi connectivity index (χ2n) is 8.81. The Morgan fingerprint density at radius 1 is 0.909 bits per heavy atom. The number of carbonyl (C=O) groups is 4. The first kappa shape index (κ1) is 21.6. The number of benzene rings is 2. The molecule has 1 saturated carbocycles. The van der Waals surface area contributed by atoms with Gasteiger partial charge in [-0.3, -0.25) is 19.2 Å². The number of nitrogens with zero attached hydrogens (tertiary/aromatic N) is 2. The Balaban J connectivity index is 1.29. The maximum absolute atomic E-state index is 12.9. The molecular weight excluding hydrogens is 444 g/mol. The summed E-state index contributed by atoms with van der Waals surface area (Å²) >= 11 is 6.02. The van der Waals surface area contributed by atoms with E-state index in [1.165, 1.54) is 15.9 Å². The van der Waals surface area contributed by atoms with Gasteiger partial charge in [0.25, 0.3) is 0 Å². The highest BCUT2D eigenvalue weighted by molar-refractivity contribution is 6.31. The van der Waals surface area contributed by atoms with Gasteiger partial charge in [-0.25, -0.2) is 4.90 Å². The number of carbonyl (C=O) groups excluding carboxylic acids is 4. The van der Waals surface area contributed by atoms with Crippen molar-refractivity contribution in [3.63, 3.8) is 0 Å². The molecule has 0 spiro atoms. The van der Waals surface area contributed by atoms with Gasteiger partial charge in [-0.15, -0.1) is 0 Å². The summed E-state index contributed by atoms with van der Waals surface area (Å²) in [6.45, 7) is 0.199. The van der Waals surface area contributed by atoms with E-state index in [9.17, 15) is 19.2 Å². The van der Waals surface area contributed by atoms with Gasteiger partial charge in [0, 0.05) is 29.7 Å². The molecule has 3 amide bonds. The maximum Gasteiger partial charge on any atom is 0.316 e. The molecule has 2 heterocycles. The van der Waals surface area contributed by atoms with E-state index in [0.717, 1.165) is 25.7 Å². The van der Waals surface area contributed by atoms with Crippen molar-refractivity contribution in [2.24, 2.45) is 17.8 Å². The molecule has 5 rings (SSSR count). The molecule has 8 heteroatoms. The normalized spacial score (nSPS) is 24.9. The first-order valence-electron chi connectivity index (χ1n) is 11.2. The van der Waals surface area contributed by atoms with Crippen LogP contribution < -0.4 is 14.5 Å². The van der Waals surface area contributed by atoms with E-state index in [1.807, 2.05) is 0 Å². The number of imide groups is 1. The standard InChI is InChI=1S/C25H23ClN2O5/c26-16-5-3-6-17(12-16)27-14-15(11-22(27)29)25(32)33-19-8-4-7-18(13-19)28-23(30)20-9-1-2-10-21(20)24(28)31/h3-8,12-13,15,20-21H,1-2,9-11,14H2/t15-,20+,21+/m0/s1. The van der Waals surface area contributed by atoms with E-state index in [4.69, 9.17) is 16.3 Å². The Hall–Kier alpha value is -3.19. The zero-order chi connectivity index (χ0) is 23.1. The van der Waals surface area contributed by atoms with Crippen molar-refractivity contribution in [3.05, 3.63) is 53.6 Å². The number of hydrogen-bond donors (Lipinski definition) is 0. The molecule has 0 aromatic heterocycles. The Labute approximate surface area is 196 Å². The largest absolute Gasteiger partial charge is 0.426 e. The molecular formula is C25H23ClN2O5. The van der Waals surface area contributed by atoms with E-state index in [-0.39, 0.29) is 48.3 Å². The molecule has 3 fully saturated rings. The molecule has 2 saturated heterocycles. The number of halogens is 1. The van der Waals surface area contributed by atoms with Crippen LogP contribution in [0.1, 0.15) is 32.1 Å². The number of hydrogen-bond acceptors (Lipinski definition) is 5. The lowest BCUT2D eigenvalue weighted by Gasteiger charge is -2.19. The number of rotatable bonds is 4. The van der Waals surface area contributed by atoms with E-state index in [1.54, 1.807) is 42.5 Å². The van der Waals surface area contributed by atoms with Crippen LogP contribution in [-0.4, -0.2) is 30.2 Å². The van der Waals surface area contributed by atoms with Crippen LogP contribution in [0.25, 0.3) is 0 Å². The van der Waals surface area contributed by atoms with Gasteiger partial charge in [0.2, 0.25) is 17.7 Å². The number of amides is 3. The third-order valence-electron chi connectivity index (χ3n) is 6.71. The van der Waals surface area contributed by atoms with Crippen molar-refractivity contribution in [2.75, 3.05) is 16.3 Å². The molecule has 1 aliphatic carbocycles. The van der Waals surface area contributed by atoms with E-state index < -0.39 is 11.9 Å². The fraction of sp³-hybridized carbons (Fsp3) is 0.360. The molecule has 7 nitrogen and oxygen atoms in total. The molecule has 0 bridgehead atoms. The second-order valence-corrected chi connectivity index (χ2v) is 9.25. The summed E-state index contributed by atoms with van der Waals surface area (Å²) in [6, 6.07) is 13.4. The van der Waals surface area contributed by atoms with Crippen LogP contribution in [0, 0.1) is 17.8 Å². The maximum atomic E-state index is 12.9. The van der Waals surface area contributed by atoms with Gasteiger partial charge in [0.05, 0.1) is 23.4 Å². The first-order chi connectivity index (χ1) is 15.9. The van der Waals surface area contributed by atoms with Crippen LogP contribution in [0.2, 0.25) is 5.02 Å². The summed E-state index contributed by atoms with van der Waals surface area (Å²) in [5.41, 5.74) is 1.05. The second kappa shape index (κ2) is 8.63. The third-order valence-corrected chi connectivity index (χ3v) is 6.95. The average Bonchev–Trinajstić information content (AvgIpc) is 3.32. The van der Waals surface area contributed by atoms with Crippen LogP contribution in [0.3, 0.4) is 0 Å². The van der Waals surface area contributed by atoms with Crippen LogP contribution in [-0.2, 0) is 19.2 Å². The molecule has 2 aromatic carbocycles. The average molecular weight is 467 g/mol. The minimum absolute atomic E-state index is 0.0392. The van der Waals surface area contributed by atoms with Gasteiger partial charge in [0.1, 0.15) is 5.75 Å². The molecule has 33 heavy (non-hydrogen) atoms. The summed E-state index contributed by atoms with van der Waals surface area (Å²) in [4.78, 5) is 53.8. The van der Waals surface area contributed by atoms with Crippen molar-refractivity contribution in [1.29, 1.82) is 0 Å². The third kappa shape index (κ3) is 4.02. The van der Waals surface area contributed by atoms with E-state index in [0.29, 0.717) is 16.4 Å². The molecule has 2 aliphatic heterocycles. The molecule has 3 atom stereocenters. The molecule has 2 aromatic rings. The highest BCUT2D eigenvalue weighted by Gasteiger charge is 2.48. The summed E-state index contributed by atoms with van der Waals surface area (Å²) < 4.78 is 5.55. The number of ether oxygens (including phenoxy) is 1. The van der Waals surface area contributed by atoms with E-state index in [2.05, 4.69) is 0 Å². The van der Waals surface area contributed by atoms with Crippen molar-refractivity contribution in [1.82, 2.24) is 0 Å². The predicted molar refractivity (Wildman–Crippen MR) is 122 cm³/mol. The van der Waals surface area contributed by atoms with Gasteiger partial charge >= 0.3 is 5.97 Å². The van der Waals surface area contributed by atoms with Crippen molar-refractivity contribution in [3.8, 4) is 5.75 Å². The zero-order valence-corrected chi connectivity index (χ0v) is 18.7. The first-order valence-corrected chi connectivity index (χ1v) is 11.6. The SMILES string of the molecule is O=C(Oc1cccc(N2C(=O)[C@@H]3CCCC[C@H]3C2=O)c1)[C@H]1CC(=O)N(c2cccc(Cl)c2)C1. The van der Waals surface area contributed by atoms with Crippen molar-refractivity contribution in [2.45, 2.75) is 32.1 Å². The Bertz CT molecular complexity index is 1130. The smallest absolute Gasteiger partial charge is 0.316 e. The van der Waals surface area contributed by atoms with Crippen LogP contribution in [0.5, 0.6) is 5.75 Å². The summed E-state index contributed by atoms with van der Waals surface area (Å²) in [6.07, 6.45) is 3.42. The van der Waals surface area contributed by atoms with Crippen LogP contribution in [0.15, 0.2) is 48.5 Å². The number of anilines is 2. The molecule has 0 N–H and O–H groups in total. The van der Waals surface area contributed by atoms with Gasteiger partial charge in [-0.1, -0.05) is 36.6 Å². The summed E-state index contributed by atoms with van der Waals surface area (Å²) in [5.74, 6) is -1.95. The van der Waals surface area contributed by atoms with Gasteiger partial charge in [0.15, 0.2) is 0 Å². The minimum Gasteiger partial charge on any atom is -0.426 e. The van der Waals surface area contributed by atoms with Crippen LogP contribution in [0.4, 0.5) is 11.4 Å². The lowest BCUT2D eigenvalue weighted by Crippen LogP contribution is -2.31. The highest BCUT2D eigenvalue weighted by Crippen LogP contribution is 2.40. The number of fused-ring (bicyclic) bond motifs is 1. The Morgan fingerprint density at radius 3 is 2.27 bits per heavy atom. The van der Waals surface area contributed by atoms with Gasteiger partial charge in [-0.2, -0.15) is 0 Å². The summed E-state index contributed by atoms with van der Waals surface area (Å²) in [5, 5.41) is 0.508. The lowest BCUT2D eigenvalue weighted by atomic mass is 9.81. The fourth-order valence-electron chi connectivity index (χ4n) is 5.06. The minimum atomic E-state index is -0.627. The van der Waals surface area contributed by atoms with E-state index >= 15 is 0 Å². The molecule has 0 radical (unpaired) electrons. The molecule has 170 valence electrons. The zero-order valence-electron chi connectivity index (χ0n) is 17.9. The van der Waals surface area contributed by atoms with Crippen LogP contribution >= 0.6 is 11.6 Å².